The third-order valence-corrected chi connectivity index (χ3v) is 7.42. The highest BCUT2D eigenvalue weighted by atomic mass is 16.5. The first kappa shape index (κ1) is 23.6. The Morgan fingerprint density at radius 3 is 2.73 bits per heavy atom. The molecule has 4 aromatic rings. The molecule has 2 aliphatic rings. The zero-order chi connectivity index (χ0) is 25.2. The Balaban J connectivity index is 1.23. The smallest absolute Gasteiger partial charge is 0.206 e. The Hall–Kier alpha value is -3.76. The van der Waals surface area contributed by atoms with E-state index in [4.69, 9.17) is 9.72 Å². The number of aromatic amines is 1. The lowest BCUT2D eigenvalue weighted by Gasteiger charge is -2.33. The lowest BCUT2D eigenvalue weighted by molar-refractivity contribution is 0.185. The minimum atomic E-state index is 0.329. The van der Waals surface area contributed by atoms with Gasteiger partial charge in [0.15, 0.2) is 11.6 Å². The molecule has 192 valence electrons. The third kappa shape index (κ3) is 4.94. The van der Waals surface area contributed by atoms with Crippen molar-refractivity contribution in [1.82, 2.24) is 35.1 Å². The number of methoxy groups -OCH3 is 1. The molecular formula is C27H33N9O. The monoisotopic (exact) mass is 499 g/mol. The molecule has 4 heterocycles. The van der Waals surface area contributed by atoms with Crippen LogP contribution in [0.15, 0.2) is 42.9 Å². The van der Waals surface area contributed by atoms with E-state index < -0.39 is 0 Å². The average molecular weight is 500 g/mol. The van der Waals surface area contributed by atoms with Gasteiger partial charge in [-0.3, -0.25) is 4.90 Å². The molecule has 2 fully saturated rings. The zero-order valence-electron chi connectivity index (χ0n) is 21.3. The summed E-state index contributed by atoms with van der Waals surface area (Å²) >= 11 is 0. The molecule has 1 aromatic carbocycles. The van der Waals surface area contributed by atoms with Crippen LogP contribution in [-0.2, 0) is 0 Å². The Morgan fingerprint density at radius 1 is 1.08 bits per heavy atom. The molecule has 1 saturated carbocycles. The summed E-state index contributed by atoms with van der Waals surface area (Å²) in [6.07, 6.45) is 7.01. The van der Waals surface area contributed by atoms with Crippen molar-refractivity contribution in [1.29, 1.82) is 0 Å². The molecule has 10 nitrogen and oxygen atoms in total. The molecule has 0 spiro atoms. The molecule has 1 aliphatic heterocycles. The number of pyridine rings is 1. The number of anilines is 3. The fraction of sp³-hybridized carbons (Fsp3) is 0.407. The molecule has 0 radical (unpaired) electrons. The van der Waals surface area contributed by atoms with E-state index in [-0.39, 0.29) is 0 Å². The van der Waals surface area contributed by atoms with Gasteiger partial charge in [-0.2, -0.15) is 0 Å². The number of rotatable bonds is 8. The number of imidazole rings is 1. The minimum absolute atomic E-state index is 0.329. The largest absolute Gasteiger partial charge is 0.491 e. The maximum absolute atomic E-state index is 5.73. The Morgan fingerprint density at radius 2 is 1.95 bits per heavy atom. The van der Waals surface area contributed by atoms with Crippen molar-refractivity contribution in [2.75, 3.05) is 43.9 Å². The van der Waals surface area contributed by atoms with Gasteiger partial charge >= 0.3 is 0 Å². The highest BCUT2D eigenvalue weighted by molar-refractivity contribution is 5.85. The van der Waals surface area contributed by atoms with E-state index in [9.17, 15) is 0 Å². The van der Waals surface area contributed by atoms with E-state index in [1.54, 1.807) is 13.4 Å². The number of ether oxygens (including phenoxy) is 1. The van der Waals surface area contributed by atoms with Crippen molar-refractivity contribution >= 4 is 28.6 Å². The summed E-state index contributed by atoms with van der Waals surface area (Å²) in [6.45, 7) is 6.41. The van der Waals surface area contributed by atoms with Crippen LogP contribution in [0.3, 0.4) is 0 Å². The number of benzene rings is 1. The van der Waals surface area contributed by atoms with E-state index in [2.05, 4.69) is 59.8 Å². The molecule has 3 aromatic heterocycles. The molecule has 37 heavy (non-hydrogen) atoms. The van der Waals surface area contributed by atoms with Crippen molar-refractivity contribution in [3.8, 4) is 17.0 Å². The quantitative estimate of drug-likeness (QED) is 0.284. The van der Waals surface area contributed by atoms with Crippen LogP contribution < -0.4 is 20.7 Å². The highest BCUT2D eigenvalue weighted by Gasteiger charge is 2.22. The number of hydrogen-bond donors (Lipinski definition) is 4. The number of aromatic nitrogens is 5. The van der Waals surface area contributed by atoms with Crippen molar-refractivity contribution in [3.63, 3.8) is 0 Å². The zero-order valence-corrected chi connectivity index (χ0v) is 21.3. The molecule has 10 heteroatoms. The standard InChI is InChI=1S/C27H33N9O/c1-17(36-12-10-28-11-13-36)18-8-9-29-23(15-18)35-27-33-21-7-6-19(14-22(21)34-27)24-25(37-2)26(31-16-30-24)32-20-4-3-5-20/h6-9,14-17,20,28H,3-5,10-13H2,1-2H3,(H,30,31,32)(H2,29,33,34,35). The fourth-order valence-corrected chi connectivity index (χ4v) is 5.01. The van der Waals surface area contributed by atoms with Gasteiger partial charge in [0.2, 0.25) is 5.95 Å². The number of fused-ring (bicyclic) bond motifs is 1. The number of piperazine rings is 1. The molecule has 1 atom stereocenters. The molecule has 0 bridgehead atoms. The number of nitrogens with one attached hydrogen (secondary N) is 4. The summed E-state index contributed by atoms with van der Waals surface area (Å²) in [5, 5.41) is 10.3. The number of H-pyrrole nitrogens is 1. The summed E-state index contributed by atoms with van der Waals surface area (Å²) in [6, 6.07) is 11.0. The first-order valence-corrected chi connectivity index (χ1v) is 13.0. The van der Waals surface area contributed by atoms with E-state index in [1.165, 1.54) is 12.0 Å². The Bertz CT molecular complexity index is 1380. The maximum atomic E-state index is 5.73. The fourth-order valence-electron chi connectivity index (χ4n) is 5.01. The van der Waals surface area contributed by atoms with Gasteiger partial charge in [-0.15, -0.1) is 0 Å². The molecule has 1 aliphatic carbocycles. The van der Waals surface area contributed by atoms with E-state index in [0.29, 0.717) is 23.8 Å². The average Bonchev–Trinajstić information content (AvgIpc) is 3.32. The summed E-state index contributed by atoms with van der Waals surface area (Å²) in [4.78, 5) is 24.1. The van der Waals surface area contributed by atoms with Crippen molar-refractivity contribution < 1.29 is 4.74 Å². The van der Waals surface area contributed by atoms with E-state index >= 15 is 0 Å². The van der Waals surface area contributed by atoms with Gasteiger partial charge in [-0.25, -0.2) is 19.9 Å². The van der Waals surface area contributed by atoms with Gasteiger partial charge < -0.3 is 25.7 Å². The lowest BCUT2D eigenvalue weighted by atomic mass is 9.93. The van der Waals surface area contributed by atoms with Gasteiger partial charge in [-0.05, 0) is 56.0 Å². The Labute approximate surface area is 216 Å². The lowest BCUT2D eigenvalue weighted by Crippen LogP contribution is -2.44. The second-order valence-electron chi connectivity index (χ2n) is 9.75. The summed E-state index contributed by atoms with van der Waals surface area (Å²) in [5.74, 6) is 2.81. The second-order valence-corrected chi connectivity index (χ2v) is 9.75. The van der Waals surface area contributed by atoms with Crippen LogP contribution in [0.1, 0.15) is 37.8 Å². The van der Waals surface area contributed by atoms with Crippen LogP contribution >= 0.6 is 0 Å². The first-order chi connectivity index (χ1) is 18.2. The van der Waals surface area contributed by atoms with Crippen LogP contribution in [0.25, 0.3) is 22.3 Å². The van der Waals surface area contributed by atoms with Gasteiger partial charge in [0.1, 0.15) is 17.8 Å². The first-order valence-electron chi connectivity index (χ1n) is 13.0. The number of nitrogens with zero attached hydrogens (tertiary/aromatic N) is 5. The molecule has 4 N–H and O–H groups in total. The van der Waals surface area contributed by atoms with Crippen molar-refractivity contribution in [2.45, 2.75) is 38.3 Å². The van der Waals surface area contributed by atoms with Crippen LogP contribution in [-0.4, -0.2) is 69.2 Å². The third-order valence-electron chi connectivity index (χ3n) is 7.42. The maximum Gasteiger partial charge on any atom is 0.206 e. The molecule has 1 saturated heterocycles. The van der Waals surface area contributed by atoms with Crippen molar-refractivity contribution in [3.05, 3.63) is 48.4 Å². The second kappa shape index (κ2) is 10.3. The van der Waals surface area contributed by atoms with Gasteiger partial charge in [0.05, 0.1) is 18.1 Å². The number of hydrogen-bond acceptors (Lipinski definition) is 9. The normalized spacial score (nSPS) is 17.4. The van der Waals surface area contributed by atoms with Crippen LogP contribution in [0.4, 0.5) is 17.6 Å². The van der Waals surface area contributed by atoms with E-state index in [0.717, 1.165) is 72.9 Å². The van der Waals surface area contributed by atoms with Crippen LogP contribution in [0.5, 0.6) is 5.75 Å². The van der Waals surface area contributed by atoms with Crippen molar-refractivity contribution in [2.24, 2.45) is 0 Å². The van der Waals surface area contributed by atoms with Crippen LogP contribution in [0.2, 0.25) is 0 Å². The minimum Gasteiger partial charge on any atom is -0.491 e. The van der Waals surface area contributed by atoms with Gasteiger partial charge in [0, 0.05) is 50.0 Å². The van der Waals surface area contributed by atoms with Gasteiger partial charge in [-0.1, -0.05) is 6.07 Å². The summed E-state index contributed by atoms with van der Waals surface area (Å²) in [7, 11) is 1.66. The predicted molar refractivity (Wildman–Crippen MR) is 145 cm³/mol. The summed E-state index contributed by atoms with van der Waals surface area (Å²) < 4.78 is 5.73. The molecular weight excluding hydrogens is 466 g/mol. The van der Waals surface area contributed by atoms with Gasteiger partial charge in [0.25, 0.3) is 0 Å². The topological polar surface area (TPSA) is 116 Å². The molecule has 0 amide bonds. The SMILES string of the molecule is COc1c(NC2CCC2)ncnc1-c1ccc2nc(Nc3cc(C(C)N4CCNCC4)ccn3)[nH]c2c1. The van der Waals surface area contributed by atoms with Crippen LogP contribution in [0, 0.1) is 0 Å². The predicted octanol–water partition coefficient (Wildman–Crippen LogP) is 4.10. The summed E-state index contributed by atoms with van der Waals surface area (Å²) in [5.41, 5.74) is 4.68. The van der Waals surface area contributed by atoms with E-state index in [1.807, 2.05) is 24.4 Å². The highest BCUT2D eigenvalue weighted by Crippen LogP contribution is 2.36. The Kier molecular flexibility index (Phi) is 6.58. The molecule has 1 unspecified atom stereocenters. The molecule has 6 rings (SSSR count).